The molecule has 24 heavy (non-hydrogen) atoms. The first kappa shape index (κ1) is 16.2. The Bertz CT molecular complexity index is 1040. The van der Waals surface area contributed by atoms with Gasteiger partial charge in [-0.1, -0.05) is 0 Å². The summed E-state index contributed by atoms with van der Waals surface area (Å²) in [6.07, 6.45) is 1.68. The van der Waals surface area contributed by atoms with Gasteiger partial charge in [-0.3, -0.25) is 18.7 Å². The topological polar surface area (TPSA) is 90.9 Å². The first-order chi connectivity index (χ1) is 11.4. The summed E-state index contributed by atoms with van der Waals surface area (Å²) in [6, 6.07) is 1.90. The molecule has 0 aromatic carbocycles. The van der Waals surface area contributed by atoms with Crippen LogP contribution in [0.25, 0.3) is 11.2 Å². The summed E-state index contributed by atoms with van der Waals surface area (Å²) in [4.78, 5) is 41.5. The van der Waals surface area contributed by atoms with Gasteiger partial charge in [0.25, 0.3) is 5.56 Å². The molecule has 1 amide bonds. The van der Waals surface area contributed by atoms with E-state index in [-0.39, 0.29) is 12.3 Å². The summed E-state index contributed by atoms with van der Waals surface area (Å²) in [5, 5.41) is 4.70. The molecule has 3 heterocycles. The smallest absolute Gasteiger partial charge is 0.325 e. The van der Waals surface area contributed by atoms with Gasteiger partial charge in [-0.25, -0.2) is 9.78 Å². The van der Waals surface area contributed by atoms with Gasteiger partial charge < -0.3 is 9.88 Å². The van der Waals surface area contributed by atoms with E-state index in [1.807, 2.05) is 18.4 Å². The SMILES string of the molecule is Cc1cc(NC(=O)CCn2cnc3c2c(=O)n(C)c(=O)n3C)cs1. The molecule has 0 radical (unpaired) electrons. The van der Waals surface area contributed by atoms with E-state index in [1.165, 1.54) is 17.9 Å². The monoisotopic (exact) mass is 347 g/mol. The highest BCUT2D eigenvalue weighted by Gasteiger charge is 2.15. The molecule has 0 aliphatic heterocycles. The van der Waals surface area contributed by atoms with Crippen molar-refractivity contribution < 1.29 is 4.79 Å². The van der Waals surface area contributed by atoms with Crippen LogP contribution in [0.1, 0.15) is 11.3 Å². The van der Waals surface area contributed by atoms with Gasteiger partial charge in [-0.15, -0.1) is 11.3 Å². The summed E-state index contributed by atoms with van der Waals surface area (Å²) < 4.78 is 3.96. The van der Waals surface area contributed by atoms with Crippen LogP contribution in [0.5, 0.6) is 0 Å². The molecule has 9 heteroatoms. The van der Waals surface area contributed by atoms with Crippen molar-refractivity contribution in [1.82, 2.24) is 18.7 Å². The summed E-state index contributed by atoms with van der Waals surface area (Å²) in [5.41, 5.74) is 0.565. The number of hydrogen-bond donors (Lipinski definition) is 1. The van der Waals surface area contributed by atoms with E-state index in [0.29, 0.717) is 17.7 Å². The number of nitrogens with one attached hydrogen (secondary N) is 1. The molecule has 126 valence electrons. The van der Waals surface area contributed by atoms with Crippen molar-refractivity contribution in [1.29, 1.82) is 0 Å². The molecule has 8 nitrogen and oxygen atoms in total. The zero-order chi connectivity index (χ0) is 17.4. The fraction of sp³-hybridized carbons (Fsp3) is 0.333. The Kier molecular flexibility index (Phi) is 4.10. The predicted octanol–water partition coefficient (Wildman–Crippen LogP) is 0.832. The highest BCUT2D eigenvalue weighted by molar-refractivity contribution is 7.10. The molecule has 0 unspecified atom stereocenters. The van der Waals surface area contributed by atoms with Gasteiger partial charge in [0.15, 0.2) is 11.2 Å². The number of thiophene rings is 1. The number of anilines is 1. The van der Waals surface area contributed by atoms with Crippen LogP contribution < -0.4 is 16.6 Å². The van der Waals surface area contributed by atoms with Gasteiger partial charge in [0.05, 0.1) is 12.0 Å². The maximum atomic E-state index is 12.3. The molecule has 0 bridgehead atoms. The molecule has 3 aromatic heterocycles. The molecule has 0 fully saturated rings. The number of nitrogens with zero attached hydrogens (tertiary/aromatic N) is 4. The lowest BCUT2D eigenvalue weighted by Crippen LogP contribution is -2.37. The van der Waals surface area contributed by atoms with Gasteiger partial charge in [-0.2, -0.15) is 0 Å². The maximum Gasteiger partial charge on any atom is 0.332 e. The third-order valence-electron chi connectivity index (χ3n) is 3.81. The average molecular weight is 347 g/mol. The predicted molar refractivity (Wildman–Crippen MR) is 92.5 cm³/mol. The van der Waals surface area contributed by atoms with E-state index in [0.717, 1.165) is 15.1 Å². The summed E-state index contributed by atoms with van der Waals surface area (Å²) in [5.74, 6) is -0.142. The molecule has 0 saturated carbocycles. The average Bonchev–Trinajstić information content (AvgIpc) is 3.15. The van der Waals surface area contributed by atoms with Gasteiger partial charge >= 0.3 is 5.69 Å². The highest BCUT2D eigenvalue weighted by atomic mass is 32.1. The van der Waals surface area contributed by atoms with E-state index in [2.05, 4.69) is 10.3 Å². The number of rotatable bonds is 4. The minimum absolute atomic E-state index is 0.142. The van der Waals surface area contributed by atoms with Crippen molar-refractivity contribution in [3.8, 4) is 0 Å². The second-order valence-electron chi connectivity index (χ2n) is 5.56. The number of carbonyl (C=O) groups is 1. The standard InChI is InChI=1S/C15H17N5O3S/c1-9-6-10(7-24-9)17-11(21)4-5-20-8-16-13-12(20)14(22)19(3)15(23)18(13)2/h6-8H,4-5H2,1-3H3,(H,17,21). The molecule has 1 N–H and O–H groups in total. The van der Waals surface area contributed by atoms with Gasteiger partial charge in [-0.05, 0) is 13.0 Å². The third kappa shape index (κ3) is 2.78. The Morgan fingerprint density at radius 1 is 1.29 bits per heavy atom. The largest absolute Gasteiger partial charge is 0.332 e. The molecule has 0 aliphatic carbocycles. The Labute approximate surface area is 141 Å². The van der Waals surface area contributed by atoms with Gasteiger partial charge in [0.2, 0.25) is 5.91 Å². The number of aromatic nitrogens is 4. The second kappa shape index (κ2) is 6.08. The van der Waals surface area contributed by atoms with Crippen molar-refractivity contribution in [2.75, 3.05) is 5.32 Å². The Balaban J connectivity index is 1.82. The number of imidazole rings is 1. The van der Waals surface area contributed by atoms with Crippen molar-refractivity contribution in [2.45, 2.75) is 19.9 Å². The summed E-state index contributed by atoms with van der Waals surface area (Å²) in [6.45, 7) is 2.27. The summed E-state index contributed by atoms with van der Waals surface area (Å²) in [7, 11) is 2.99. The fourth-order valence-electron chi connectivity index (χ4n) is 2.52. The van der Waals surface area contributed by atoms with Crippen LogP contribution >= 0.6 is 11.3 Å². The molecule has 0 spiro atoms. The van der Waals surface area contributed by atoms with E-state index < -0.39 is 11.2 Å². The van der Waals surface area contributed by atoms with Crippen LogP contribution in [0.3, 0.4) is 0 Å². The van der Waals surface area contributed by atoms with Crippen LogP contribution in [0.15, 0.2) is 27.4 Å². The maximum absolute atomic E-state index is 12.3. The van der Waals surface area contributed by atoms with Gasteiger partial charge in [0, 0.05) is 37.3 Å². The highest BCUT2D eigenvalue weighted by Crippen LogP contribution is 2.18. The number of carbonyl (C=O) groups excluding carboxylic acids is 1. The molecule has 3 aromatic rings. The number of aryl methyl sites for hydroxylation is 3. The van der Waals surface area contributed by atoms with E-state index in [9.17, 15) is 14.4 Å². The minimum Gasteiger partial charge on any atom is -0.325 e. The molecular weight excluding hydrogens is 330 g/mol. The molecule has 0 saturated heterocycles. The third-order valence-corrected chi connectivity index (χ3v) is 4.67. The number of hydrogen-bond acceptors (Lipinski definition) is 5. The van der Waals surface area contributed by atoms with Crippen LogP contribution in [0, 0.1) is 6.92 Å². The first-order valence-electron chi connectivity index (χ1n) is 7.34. The zero-order valence-electron chi connectivity index (χ0n) is 13.6. The minimum atomic E-state index is -0.427. The van der Waals surface area contributed by atoms with E-state index in [4.69, 9.17) is 0 Å². The molecule has 0 atom stereocenters. The lowest BCUT2D eigenvalue weighted by molar-refractivity contribution is -0.116. The lowest BCUT2D eigenvalue weighted by Gasteiger charge is -2.07. The van der Waals surface area contributed by atoms with Crippen molar-refractivity contribution in [3.63, 3.8) is 0 Å². The Morgan fingerprint density at radius 3 is 2.71 bits per heavy atom. The van der Waals surface area contributed by atoms with Crippen LogP contribution in [-0.2, 0) is 25.4 Å². The van der Waals surface area contributed by atoms with E-state index in [1.54, 1.807) is 23.0 Å². The Morgan fingerprint density at radius 2 is 2.04 bits per heavy atom. The van der Waals surface area contributed by atoms with Crippen molar-refractivity contribution in [2.24, 2.45) is 14.1 Å². The Hall–Kier alpha value is -2.68. The summed E-state index contributed by atoms with van der Waals surface area (Å²) >= 11 is 1.56. The van der Waals surface area contributed by atoms with Crippen LogP contribution in [0.2, 0.25) is 0 Å². The van der Waals surface area contributed by atoms with Crippen molar-refractivity contribution >= 4 is 34.1 Å². The second-order valence-corrected chi connectivity index (χ2v) is 6.68. The first-order valence-corrected chi connectivity index (χ1v) is 8.22. The normalized spacial score (nSPS) is 11.1. The van der Waals surface area contributed by atoms with Crippen molar-refractivity contribution in [3.05, 3.63) is 43.5 Å². The number of amides is 1. The fourth-order valence-corrected chi connectivity index (χ4v) is 3.16. The van der Waals surface area contributed by atoms with Crippen LogP contribution in [-0.4, -0.2) is 24.6 Å². The molecule has 3 rings (SSSR count). The quantitative estimate of drug-likeness (QED) is 0.757. The van der Waals surface area contributed by atoms with Gasteiger partial charge in [0.1, 0.15) is 0 Å². The number of fused-ring (bicyclic) bond motifs is 1. The lowest BCUT2D eigenvalue weighted by atomic mass is 10.3. The van der Waals surface area contributed by atoms with E-state index >= 15 is 0 Å². The van der Waals surface area contributed by atoms with Crippen LogP contribution in [0.4, 0.5) is 5.69 Å². The zero-order valence-corrected chi connectivity index (χ0v) is 14.4. The molecule has 0 aliphatic rings. The molecular formula is C15H17N5O3S.